The van der Waals surface area contributed by atoms with Gasteiger partial charge in [-0.2, -0.15) is 11.8 Å². The molecule has 0 radical (unpaired) electrons. The van der Waals surface area contributed by atoms with Gasteiger partial charge in [0.2, 0.25) is 0 Å². The summed E-state index contributed by atoms with van der Waals surface area (Å²) >= 11 is 4.77. The predicted octanol–water partition coefficient (Wildman–Crippen LogP) is 2.08. The number of hydrogen-bond donors (Lipinski definition) is 1. The zero-order chi connectivity index (χ0) is 13.5. The number of hydrogen-bond acceptors (Lipinski definition) is 4. The van der Waals surface area contributed by atoms with Gasteiger partial charge in [-0.05, 0) is 30.5 Å². The first-order valence-electron chi connectivity index (χ1n) is 5.21. The van der Waals surface area contributed by atoms with Crippen LogP contribution in [-0.2, 0) is 9.53 Å². The predicted molar refractivity (Wildman–Crippen MR) is 75.8 cm³/mol. The highest BCUT2D eigenvalue weighted by Crippen LogP contribution is 2.11. The molecule has 0 spiro atoms. The average molecular weight is 332 g/mol. The molecule has 1 unspecified atom stereocenters. The number of carbonyl (C=O) groups excluding carboxylic acids is 2. The van der Waals surface area contributed by atoms with Gasteiger partial charge in [-0.15, -0.1) is 0 Å². The van der Waals surface area contributed by atoms with Crippen LogP contribution >= 0.6 is 27.7 Å². The van der Waals surface area contributed by atoms with Crippen molar-refractivity contribution in [3.05, 3.63) is 34.3 Å². The van der Waals surface area contributed by atoms with Crippen molar-refractivity contribution in [2.24, 2.45) is 0 Å². The van der Waals surface area contributed by atoms with E-state index in [1.165, 1.54) is 18.9 Å². The number of amides is 1. The molecule has 0 aliphatic heterocycles. The molecule has 6 heteroatoms. The van der Waals surface area contributed by atoms with Crippen molar-refractivity contribution in [3.8, 4) is 0 Å². The van der Waals surface area contributed by atoms with Crippen molar-refractivity contribution >= 4 is 39.6 Å². The average Bonchev–Trinajstić information content (AvgIpc) is 2.38. The molecule has 1 N–H and O–H groups in total. The van der Waals surface area contributed by atoms with Crippen molar-refractivity contribution < 1.29 is 14.3 Å². The Kier molecular flexibility index (Phi) is 6.21. The molecule has 0 heterocycles. The van der Waals surface area contributed by atoms with Crippen LogP contribution in [0.5, 0.6) is 0 Å². The second-order valence-electron chi connectivity index (χ2n) is 3.51. The highest BCUT2D eigenvalue weighted by atomic mass is 79.9. The number of nitrogens with one attached hydrogen (secondary N) is 1. The van der Waals surface area contributed by atoms with E-state index in [2.05, 4.69) is 26.0 Å². The van der Waals surface area contributed by atoms with Crippen molar-refractivity contribution in [2.45, 2.75) is 6.04 Å². The maximum absolute atomic E-state index is 11.9. The molecule has 0 fully saturated rings. The number of ether oxygens (including phenoxy) is 1. The summed E-state index contributed by atoms with van der Waals surface area (Å²) in [5, 5.41) is 2.65. The minimum atomic E-state index is -0.624. The lowest BCUT2D eigenvalue weighted by Crippen LogP contribution is -2.43. The standard InChI is InChI=1S/C12H14BrNO3S/c1-17-12(16)10(7-18-2)14-11(15)8-3-5-9(13)6-4-8/h3-6,10H,7H2,1-2H3,(H,14,15). The first-order chi connectivity index (χ1) is 8.58. The minimum absolute atomic E-state index is 0.285. The van der Waals surface area contributed by atoms with E-state index in [-0.39, 0.29) is 5.91 Å². The molecule has 1 aromatic rings. The van der Waals surface area contributed by atoms with Crippen LogP contribution in [0.25, 0.3) is 0 Å². The van der Waals surface area contributed by atoms with Crippen molar-refractivity contribution in [1.82, 2.24) is 5.32 Å². The van der Waals surface area contributed by atoms with Gasteiger partial charge >= 0.3 is 5.97 Å². The number of rotatable bonds is 5. The molecule has 18 heavy (non-hydrogen) atoms. The molecule has 1 atom stereocenters. The van der Waals surface area contributed by atoms with Gasteiger partial charge in [0.25, 0.3) is 5.91 Å². The van der Waals surface area contributed by atoms with Crippen LogP contribution in [0.15, 0.2) is 28.7 Å². The zero-order valence-corrected chi connectivity index (χ0v) is 12.5. The Bertz CT molecular complexity index is 422. The number of methoxy groups -OCH3 is 1. The number of esters is 1. The Morgan fingerprint density at radius 2 is 2.00 bits per heavy atom. The highest BCUT2D eigenvalue weighted by Gasteiger charge is 2.21. The molecule has 0 aromatic heterocycles. The number of halogens is 1. The maximum atomic E-state index is 11.9. The summed E-state index contributed by atoms with van der Waals surface area (Å²) < 4.78 is 5.54. The van der Waals surface area contributed by atoms with Gasteiger partial charge in [0.1, 0.15) is 6.04 Å². The van der Waals surface area contributed by atoms with Crippen LogP contribution in [0, 0.1) is 0 Å². The summed E-state index contributed by atoms with van der Waals surface area (Å²) in [4.78, 5) is 23.4. The Morgan fingerprint density at radius 3 is 2.50 bits per heavy atom. The lowest BCUT2D eigenvalue weighted by Gasteiger charge is -2.15. The highest BCUT2D eigenvalue weighted by molar-refractivity contribution is 9.10. The Labute approximate surface area is 119 Å². The Hall–Kier alpha value is -1.01. The van der Waals surface area contributed by atoms with E-state index in [0.717, 1.165) is 4.47 Å². The second-order valence-corrected chi connectivity index (χ2v) is 5.34. The summed E-state index contributed by atoms with van der Waals surface area (Å²) in [5.41, 5.74) is 0.508. The molecule has 0 saturated carbocycles. The lowest BCUT2D eigenvalue weighted by molar-refractivity contribution is -0.142. The zero-order valence-electron chi connectivity index (χ0n) is 10.1. The fourth-order valence-electron chi connectivity index (χ4n) is 1.32. The third-order valence-corrected chi connectivity index (χ3v) is 3.43. The fraction of sp³-hybridized carbons (Fsp3) is 0.333. The van der Waals surface area contributed by atoms with E-state index >= 15 is 0 Å². The Balaban J connectivity index is 2.71. The first-order valence-corrected chi connectivity index (χ1v) is 7.40. The smallest absolute Gasteiger partial charge is 0.329 e. The van der Waals surface area contributed by atoms with Crippen LogP contribution in [-0.4, -0.2) is 37.0 Å². The van der Waals surface area contributed by atoms with Gasteiger partial charge in [-0.25, -0.2) is 4.79 Å². The van der Waals surface area contributed by atoms with Crippen LogP contribution in [0.3, 0.4) is 0 Å². The molecule has 0 aliphatic rings. The fourth-order valence-corrected chi connectivity index (χ4v) is 2.14. The topological polar surface area (TPSA) is 55.4 Å². The van der Waals surface area contributed by atoms with Crippen molar-refractivity contribution in [3.63, 3.8) is 0 Å². The number of carbonyl (C=O) groups is 2. The molecule has 0 saturated heterocycles. The van der Waals surface area contributed by atoms with Gasteiger partial charge in [0.05, 0.1) is 7.11 Å². The van der Waals surface area contributed by atoms with Crippen LogP contribution in [0.1, 0.15) is 10.4 Å². The second kappa shape index (κ2) is 7.43. The summed E-state index contributed by atoms with van der Waals surface area (Å²) in [6.07, 6.45) is 1.86. The largest absolute Gasteiger partial charge is 0.467 e. The molecule has 0 bridgehead atoms. The molecule has 0 aliphatic carbocycles. The molecule has 98 valence electrons. The molecule has 1 amide bonds. The summed E-state index contributed by atoms with van der Waals surface area (Å²) in [6.45, 7) is 0. The molecular formula is C12H14BrNO3S. The van der Waals surface area contributed by atoms with Crippen molar-refractivity contribution in [2.75, 3.05) is 19.1 Å². The maximum Gasteiger partial charge on any atom is 0.329 e. The van der Waals surface area contributed by atoms with E-state index in [4.69, 9.17) is 0 Å². The van der Waals surface area contributed by atoms with E-state index in [9.17, 15) is 9.59 Å². The van der Waals surface area contributed by atoms with Crippen molar-refractivity contribution in [1.29, 1.82) is 0 Å². The van der Waals surface area contributed by atoms with Crippen LogP contribution in [0.2, 0.25) is 0 Å². The molecule has 1 aromatic carbocycles. The Morgan fingerprint density at radius 1 is 1.39 bits per heavy atom. The lowest BCUT2D eigenvalue weighted by atomic mass is 10.2. The quantitative estimate of drug-likeness (QED) is 0.839. The summed E-state index contributed by atoms with van der Waals surface area (Å²) in [7, 11) is 1.31. The van der Waals surface area contributed by atoms with Gasteiger partial charge in [0.15, 0.2) is 0 Å². The first kappa shape index (κ1) is 15.0. The molecule has 1 rings (SSSR count). The SMILES string of the molecule is COC(=O)C(CSC)NC(=O)c1ccc(Br)cc1. The minimum Gasteiger partial charge on any atom is -0.467 e. The third kappa shape index (κ3) is 4.34. The normalized spacial score (nSPS) is 11.7. The van der Waals surface area contributed by atoms with E-state index < -0.39 is 12.0 Å². The van der Waals surface area contributed by atoms with Crippen LogP contribution < -0.4 is 5.32 Å². The van der Waals surface area contributed by atoms with E-state index in [1.54, 1.807) is 24.3 Å². The molecular weight excluding hydrogens is 318 g/mol. The summed E-state index contributed by atoms with van der Waals surface area (Å²) in [5.74, 6) is -0.239. The number of benzene rings is 1. The van der Waals surface area contributed by atoms with E-state index in [1.807, 2.05) is 6.26 Å². The number of thioether (sulfide) groups is 1. The third-order valence-electron chi connectivity index (χ3n) is 2.23. The van der Waals surface area contributed by atoms with Gasteiger partial charge < -0.3 is 10.1 Å². The molecule has 4 nitrogen and oxygen atoms in total. The summed E-state index contributed by atoms with van der Waals surface area (Å²) in [6, 6.07) is 6.30. The van der Waals surface area contributed by atoms with Gasteiger partial charge in [0, 0.05) is 15.8 Å². The monoisotopic (exact) mass is 331 g/mol. The van der Waals surface area contributed by atoms with E-state index in [0.29, 0.717) is 11.3 Å². The van der Waals surface area contributed by atoms with Gasteiger partial charge in [-0.1, -0.05) is 15.9 Å². The van der Waals surface area contributed by atoms with Gasteiger partial charge in [-0.3, -0.25) is 4.79 Å². The van der Waals surface area contributed by atoms with Crippen LogP contribution in [0.4, 0.5) is 0 Å².